The molecule has 1 aromatic carbocycles. The smallest absolute Gasteiger partial charge is 0.410 e. The van der Waals surface area contributed by atoms with Crippen LogP contribution in [0.5, 0.6) is 0 Å². The quantitative estimate of drug-likeness (QED) is 0.755. The fourth-order valence-corrected chi connectivity index (χ4v) is 4.08. The molecule has 0 spiro atoms. The largest absolute Gasteiger partial charge is 0.444 e. The second kappa shape index (κ2) is 8.94. The number of likely N-dealkylation sites (tertiary alicyclic amines) is 1. The zero-order valence-electron chi connectivity index (χ0n) is 18.6. The van der Waals surface area contributed by atoms with Crippen LogP contribution >= 0.6 is 11.6 Å². The molecule has 3 heterocycles. The summed E-state index contributed by atoms with van der Waals surface area (Å²) in [4.78, 5) is 37.3. The maximum atomic E-state index is 13.1. The van der Waals surface area contributed by atoms with Crippen LogP contribution in [0.2, 0.25) is 5.02 Å². The van der Waals surface area contributed by atoms with Crippen LogP contribution in [0.4, 0.5) is 10.7 Å². The average Bonchev–Trinajstić information content (AvgIpc) is 3.21. The first-order chi connectivity index (χ1) is 15.2. The number of fused-ring (bicyclic) bond motifs is 1. The molecule has 4 rings (SSSR count). The van der Waals surface area contributed by atoms with E-state index in [1.165, 1.54) is 0 Å². The van der Waals surface area contributed by atoms with Crippen molar-refractivity contribution in [3.63, 3.8) is 0 Å². The van der Waals surface area contributed by atoms with Crippen molar-refractivity contribution in [1.29, 1.82) is 0 Å². The lowest BCUT2D eigenvalue weighted by atomic mass is 9.97. The molecule has 1 N–H and O–H groups in total. The number of nitrogens with one attached hydrogen (secondary N) is 1. The second-order valence-electron chi connectivity index (χ2n) is 9.24. The maximum absolute atomic E-state index is 13.1. The Kier molecular flexibility index (Phi) is 6.24. The van der Waals surface area contributed by atoms with E-state index in [4.69, 9.17) is 16.3 Å². The summed E-state index contributed by atoms with van der Waals surface area (Å²) in [5.41, 5.74) is 2.33. The number of rotatable bonds is 3. The number of nitrogens with zero attached hydrogens (tertiary/aromatic N) is 4. The highest BCUT2D eigenvalue weighted by molar-refractivity contribution is 6.30. The van der Waals surface area contributed by atoms with Crippen LogP contribution in [-0.4, -0.2) is 63.0 Å². The minimum Gasteiger partial charge on any atom is -0.444 e. The minimum absolute atomic E-state index is 0.0173. The van der Waals surface area contributed by atoms with Crippen LogP contribution in [0.15, 0.2) is 30.6 Å². The Morgan fingerprint density at radius 3 is 2.59 bits per heavy atom. The zero-order valence-corrected chi connectivity index (χ0v) is 19.4. The Balaban J connectivity index is 1.36. The molecule has 0 saturated carbocycles. The van der Waals surface area contributed by atoms with Gasteiger partial charge < -0.3 is 19.9 Å². The molecule has 1 atom stereocenters. The first-order valence-corrected chi connectivity index (χ1v) is 11.2. The molecule has 1 unspecified atom stereocenters. The van der Waals surface area contributed by atoms with Crippen molar-refractivity contribution in [3.05, 3.63) is 52.3 Å². The van der Waals surface area contributed by atoms with E-state index in [2.05, 4.69) is 15.3 Å². The van der Waals surface area contributed by atoms with Crippen LogP contribution in [0.3, 0.4) is 0 Å². The van der Waals surface area contributed by atoms with Crippen molar-refractivity contribution in [1.82, 2.24) is 19.8 Å². The molecule has 8 nitrogen and oxygen atoms in total. The number of aromatic nitrogens is 2. The standard InChI is InChI=1S/C23H28ClN5O3/c1-23(2,3)32-22(31)29-8-6-15-10-16(4-5-17(15)13-29)20(30)28-9-7-19(14-28)27-21-25-11-18(24)12-26-21/h4-5,10-12,19H,6-9,13-14H2,1-3H3,(H,25,26,27). The third-order valence-corrected chi connectivity index (χ3v) is 5.74. The second-order valence-corrected chi connectivity index (χ2v) is 9.68. The number of amides is 2. The van der Waals surface area contributed by atoms with Gasteiger partial charge in [-0.2, -0.15) is 0 Å². The highest BCUT2D eigenvalue weighted by Crippen LogP contribution is 2.24. The van der Waals surface area contributed by atoms with Gasteiger partial charge in [0, 0.05) is 37.8 Å². The third kappa shape index (κ3) is 5.30. The normalized spacial score (nSPS) is 18.3. The molecule has 0 radical (unpaired) electrons. The first-order valence-electron chi connectivity index (χ1n) is 10.8. The molecule has 1 aromatic heterocycles. The number of halogens is 1. The number of hydrogen-bond acceptors (Lipinski definition) is 6. The van der Waals surface area contributed by atoms with Crippen molar-refractivity contribution in [2.24, 2.45) is 0 Å². The molecular formula is C23H28ClN5O3. The van der Waals surface area contributed by atoms with Gasteiger partial charge in [0.05, 0.1) is 17.4 Å². The van der Waals surface area contributed by atoms with Crippen LogP contribution < -0.4 is 5.32 Å². The molecule has 32 heavy (non-hydrogen) atoms. The topological polar surface area (TPSA) is 87.7 Å². The predicted molar refractivity (Wildman–Crippen MR) is 122 cm³/mol. The van der Waals surface area contributed by atoms with Gasteiger partial charge in [-0.25, -0.2) is 14.8 Å². The van der Waals surface area contributed by atoms with Crippen molar-refractivity contribution >= 4 is 29.5 Å². The van der Waals surface area contributed by atoms with E-state index in [-0.39, 0.29) is 18.0 Å². The molecule has 0 aliphatic carbocycles. The van der Waals surface area contributed by atoms with E-state index in [0.717, 1.165) is 17.5 Å². The van der Waals surface area contributed by atoms with Gasteiger partial charge in [-0.3, -0.25) is 4.79 Å². The SMILES string of the molecule is CC(C)(C)OC(=O)N1CCc2cc(C(=O)N3CCC(Nc4ncc(Cl)cn4)C3)ccc2C1. The van der Waals surface area contributed by atoms with E-state index in [9.17, 15) is 9.59 Å². The summed E-state index contributed by atoms with van der Waals surface area (Å²) in [5, 5.41) is 3.75. The molecule has 2 amide bonds. The van der Waals surface area contributed by atoms with E-state index >= 15 is 0 Å². The lowest BCUT2D eigenvalue weighted by molar-refractivity contribution is 0.0223. The fourth-order valence-electron chi connectivity index (χ4n) is 3.98. The van der Waals surface area contributed by atoms with Crippen molar-refractivity contribution in [2.45, 2.75) is 51.8 Å². The van der Waals surface area contributed by atoms with Gasteiger partial charge in [0.25, 0.3) is 5.91 Å². The summed E-state index contributed by atoms with van der Waals surface area (Å²) in [5.74, 6) is 0.528. The minimum atomic E-state index is -0.518. The monoisotopic (exact) mass is 457 g/mol. The summed E-state index contributed by atoms with van der Waals surface area (Å²) in [6.07, 6.45) is 4.32. The fraction of sp³-hybridized carbons (Fsp3) is 0.478. The van der Waals surface area contributed by atoms with Crippen molar-refractivity contribution in [2.75, 3.05) is 25.0 Å². The Morgan fingerprint density at radius 2 is 1.88 bits per heavy atom. The number of ether oxygens (including phenoxy) is 1. The Hall–Kier alpha value is -2.87. The molecule has 1 fully saturated rings. The highest BCUT2D eigenvalue weighted by atomic mass is 35.5. The zero-order chi connectivity index (χ0) is 22.9. The molecule has 1 saturated heterocycles. The van der Waals surface area contributed by atoms with Gasteiger partial charge >= 0.3 is 6.09 Å². The van der Waals surface area contributed by atoms with Gasteiger partial charge in [0.2, 0.25) is 5.95 Å². The summed E-state index contributed by atoms with van der Waals surface area (Å²) in [6, 6.07) is 5.86. The van der Waals surface area contributed by atoms with Crippen LogP contribution in [-0.2, 0) is 17.7 Å². The molecular weight excluding hydrogens is 430 g/mol. The van der Waals surface area contributed by atoms with E-state index < -0.39 is 5.60 Å². The molecule has 170 valence electrons. The van der Waals surface area contributed by atoms with Crippen molar-refractivity contribution < 1.29 is 14.3 Å². The number of benzene rings is 1. The molecule has 9 heteroatoms. The molecule has 0 bridgehead atoms. The summed E-state index contributed by atoms with van der Waals surface area (Å²) < 4.78 is 5.48. The number of anilines is 1. The highest BCUT2D eigenvalue weighted by Gasteiger charge is 2.29. The molecule has 2 aromatic rings. The molecule has 2 aliphatic rings. The van der Waals surface area contributed by atoms with Crippen LogP contribution in [0.25, 0.3) is 0 Å². The van der Waals surface area contributed by atoms with Crippen LogP contribution in [0.1, 0.15) is 48.7 Å². The van der Waals surface area contributed by atoms with E-state index in [0.29, 0.717) is 49.1 Å². The van der Waals surface area contributed by atoms with Gasteiger partial charge in [-0.1, -0.05) is 17.7 Å². The average molecular weight is 458 g/mol. The van der Waals surface area contributed by atoms with E-state index in [1.807, 2.05) is 43.9 Å². The lowest BCUT2D eigenvalue weighted by Gasteiger charge is -2.31. The van der Waals surface area contributed by atoms with Gasteiger partial charge in [-0.05, 0) is 56.9 Å². The van der Waals surface area contributed by atoms with E-state index in [1.54, 1.807) is 17.3 Å². The number of carbonyl (C=O) groups is 2. The van der Waals surface area contributed by atoms with Gasteiger partial charge in [0.1, 0.15) is 5.60 Å². The number of carbonyl (C=O) groups excluding carboxylic acids is 2. The maximum Gasteiger partial charge on any atom is 0.410 e. The first kappa shape index (κ1) is 22.3. The van der Waals surface area contributed by atoms with Crippen molar-refractivity contribution in [3.8, 4) is 0 Å². The Morgan fingerprint density at radius 1 is 1.12 bits per heavy atom. The van der Waals surface area contributed by atoms with Crippen LogP contribution in [0, 0.1) is 0 Å². The number of hydrogen-bond donors (Lipinski definition) is 1. The summed E-state index contributed by atoms with van der Waals surface area (Å²) in [7, 11) is 0. The van der Waals surface area contributed by atoms with Gasteiger partial charge in [0.15, 0.2) is 0 Å². The summed E-state index contributed by atoms with van der Waals surface area (Å²) >= 11 is 5.83. The Bertz CT molecular complexity index is 1010. The predicted octanol–water partition coefficient (Wildman–Crippen LogP) is 3.75. The molecule has 2 aliphatic heterocycles. The Labute approximate surface area is 192 Å². The third-order valence-electron chi connectivity index (χ3n) is 5.55. The lowest BCUT2D eigenvalue weighted by Crippen LogP contribution is -2.40. The van der Waals surface area contributed by atoms with Gasteiger partial charge in [-0.15, -0.1) is 0 Å². The summed E-state index contributed by atoms with van der Waals surface area (Å²) in [6.45, 7) is 7.93.